The van der Waals surface area contributed by atoms with E-state index in [-0.39, 0.29) is 48.9 Å². The second-order valence-corrected chi connectivity index (χ2v) is 4.56. The lowest BCUT2D eigenvalue weighted by molar-refractivity contribution is -0.137. The summed E-state index contributed by atoms with van der Waals surface area (Å²) in [6.45, 7) is 1.99. The van der Waals surface area contributed by atoms with Gasteiger partial charge in [-0.2, -0.15) is 13.2 Å². The van der Waals surface area contributed by atoms with Gasteiger partial charge in [-0.1, -0.05) is 5.21 Å². The molecule has 12 heteroatoms. The number of rotatable bonds is 4. The van der Waals surface area contributed by atoms with Crippen molar-refractivity contribution in [3.63, 3.8) is 0 Å². The Morgan fingerprint density at radius 1 is 1.38 bits per heavy atom. The fourth-order valence-electron chi connectivity index (χ4n) is 1.53. The van der Waals surface area contributed by atoms with Crippen molar-refractivity contribution in [2.45, 2.75) is 19.1 Å². The summed E-state index contributed by atoms with van der Waals surface area (Å²) in [5, 5.41) is 9.90. The van der Waals surface area contributed by atoms with Gasteiger partial charge in [-0.3, -0.25) is 4.79 Å². The number of hydrogen-bond acceptors (Lipinski definition) is 5. The van der Waals surface area contributed by atoms with Crippen molar-refractivity contribution < 1.29 is 18.0 Å². The van der Waals surface area contributed by atoms with Gasteiger partial charge >= 0.3 is 6.18 Å². The largest absolute Gasteiger partial charge is 0.417 e. The zero-order valence-electron chi connectivity index (χ0n) is 12.3. The summed E-state index contributed by atoms with van der Waals surface area (Å²) in [7, 11) is 0. The second-order valence-electron chi connectivity index (χ2n) is 4.56. The SMILES string of the molecule is C[C@@H](CN)NC(=O)c1cn(-c2ccc(C(F)(F)F)cn2)nn1.Cl.Cl. The molecule has 2 aromatic rings. The Morgan fingerprint density at radius 2 is 2.04 bits per heavy atom. The van der Waals surface area contributed by atoms with Crippen LogP contribution in [0.1, 0.15) is 23.0 Å². The normalized spacial score (nSPS) is 11.9. The molecule has 1 amide bonds. The molecular weight excluding hydrogens is 372 g/mol. The first-order valence-electron chi connectivity index (χ1n) is 6.28. The van der Waals surface area contributed by atoms with E-state index in [1.54, 1.807) is 6.92 Å². The van der Waals surface area contributed by atoms with E-state index in [4.69, 9.17) is 5.73 Å². The third-order valence-electron chi connectivity index (χ3n) is 2.77. The molecule has 0 saturated carbocycles. The van der Waals surface area contributed by atoms with Crippen molar-refractivity contribution in [3.8, 4) is 5.82 Å². The molecule has 1 atom stereocenters. The summed E-state index contributed by atoms with van der Waals surface area (Å²) in [5.41, 5.74) is 4.53. The van der Waals surface area contributed by atoms with Crippen LogP contribution in [0.3, 0.4) is 0 Å². The highest BCUT2D eigenvalue weighted by molar-refractivity contribution is 5.92. The number of pyridine rings is 1. The quantitative estimate of drug-likeness (QED) is 0.831. The van der Waals surface area contributed by atoms with Crippen LogP contribution >= 0.6 is 24.8 Å². The highest BCUT2D eigenvalue weighted by atomic mass is 35.5. The van der Waals surface area contributed by atoms with Gasteiger partial charge in [0.25, 0.3) is 5.91 Å². The summed E-state index contributed by atoms with van der Waals surface area (Å²) >= 11 is 0. The molecule has 2 rings (SSSR count). The molecule has 3 N–H and O–H groups in total. The zero-order valence-corrected chi connectivity index (χ0v) is 14.0. The average molecular weight is 387 g/mol. The number of halogens is 5. The van der Waals surface area contributed by atoms with Gasteiger partial charge in [-0.25, -0.2) is 9.67 Å². The van der Waals surface area contributed by atoms with Gasteiger partial charge in [0.15, 0.2) is 11.5 Å². The number of nitrogens with zero attached hydrogens (tertiary/aromatic N) is 4. The first kappa shape index (κ1) is 22.1. The van der Waals surface area contributed by atoms with E-state index in [1.807, 2.05) is 0 Å². The molecule has 0 radical (unpaired) electrons. The first-order chi connectivity index (χ1) is 10.3. The molecule has 2 heterocycles. The van der Waals surface area contributed by atoms with Crippen molar-refractivity contribution >= 4 is 30.7 Å². The highest BCUT2D eigenvalue weighted by Crippen LogP contribution is 2.28. The molecule has 0 bridgehead atoms. The third-order valence-corrected chi connectivity index (χ3v) is 2.77. The van der Waals surface area contributed by atoms with E-state index in [1.165, 1.54) is 6.20 Å². The molecule has 0 unspecified atom stereocenters. The molecule has 0 aromatic carbocycles. The maximum Gasteiger partial charge on any atom is 0.417 e. The van der Waals surface area contributed by atoms with Crippen molar-refractivity contribution in [3.05, 3.63) is 35.8 Å². The van der Waals surface area contributed by atoms with E-state index in [0.29, 0.717) is 6.20 Å². The molecule has 134 valence electrons. The van der Waals surface area contributed by atoms with E-state index in [9.17, 15) is 18.0 Å². The fraction of sp³-hybridized carbons (Fsp3) is 0.333. The Hall–Kier alpha value is -1.91. The second kappa shape index (κ2) is 8.81. The first-order valence-corrected chi connectivity index (χ1v) is 6.28. The van der Waals surface area contributed by atoms with E-state index < -0.39 is 17.6 Å². The number of carbonyl (C=O) groups excluding carboxylic acids is 1. The van der Waals surface area contributed by atoms with Crippen molar-refractivity contribution in [1.29, 1.82) is 0 Å². The summed E-state index contributed by atoms with van der Waals surface area (Å²) < 4.78 is 38.5. The summed E-state index contributed by atoms with van der Waals surface area (Å²) in [6.07, 6.45) is -2.50. The molecule has 0 fully saturated rings. The van der Waals surface area contributed by atoms with Gasteiger partial charge in [-0.15, -0.1) is 29.9 Å². The van der Waals surface area contributed by atoms with Crippen molar-refractivity contribution in [2.75, 3.05) is 6.54 Å². The molecule has 2 aromatic heterocycles. The van der Waals surface area contributed by atoms with Crippen LogP contribution in [0.25, 0.3) is 5.82 Å². The lowest BCUT2D eigenvalue weighted by Crippen LogP contribution is -2.37. The van der Waals surface area contributed by atoms with Gasteiger partial charge in [-0.05, 0) is 19.1 Å². The van der Waals surface area contributed by atoms with Crippen LogP contribution in [0.2, 0.25) is 0 Å². The predicted molar refractivity (Wildman–Crippen MR) is 84.6 cm³/mol. The van der Waals surface area contributed by atoms with Crippen molar-refractivity contribution in [2.24, 2.45) is 5.73 Å². The Balaban J connectivity index is 0.00000264. The van der Waals surface area contributed by atoms with Gasteiger partial charge in [0.05, 0.1) is 11.8 Å². The minimum atomic E-state index is -4.46. The predicted octanol–water partition coefficient (Wildman–Crippen LogP) is 1.60. The number of alkyl halides is 3. The summed E-state index contributed by atoms with van der Waals surface area (Å²) in [6, 6.07) is 1.78. The van der Waals surface area contributed by atoms with Crippen LogP contribution in [0.5, 0.6) is 0 Å². The van der Waals surface area contributed by atoms with Gasteiger partial charge in [0.2, 0.25) is 0 Å². The summed E-state index contributed by atoms with van der Waals surface area (Å²) in [5.74, 6) is -0.359. The van der Waals surface area contributed by atoms with E-state index in [0.717, 1.165) is 16.8 Å². The van der Waals surface area contributed by atoms with Gasteiger partial charge < -0.3 is 11.1 Å². The van der Waals surface area contributed by atoms with E-state index >= 15 is 0 Å². The van der Waals surface area contributed by atoms with Crippen LogP contribution < -0.4 is 11.1 Å². The molecule has 24 heavy (non-hydrogen) atoms. The standard InChI is InChI=1S/C12H13F3N6O.2ClH/c1-7(4-16)18-11(22)9-6-21(20-19-9)10-3-2-8(5-17-10)12(13,14)15;;/h2-3,5-7H,4,16H2,1H3,(H,18,22);2*1H/t7-;;/m0../s1. The molecule has 0 saturated heterocycles. The number of nitrogens with one attached hydrogen (secondary N) is 1. The minimum Gasteiger partial charge on any atom is -0.347 e. The molecular formula is C12H15Cl2F3N6O. The van der Waals surface area contributed by atoms with Gasteiger partial charge in [0, 0.05) is 18.8 Å². The Morgan fingerprint density at radius 3 is 2.54 bits per heavy atom. The Bertz CT molecular complexity index is 662. The third kappa shape index (κ3) is 5.32. The van der Waals surface area contributed by atoms with Crippen LogP contribution in [0.4, 0.5) is 13.2 Å². The summed E-state index contributed by atoms with van der Waals surface area (Å²) in [4.78, 5) is 15.4. The lowest BCUT2D eigenvalue weighted by Gasteiger charge is -2.08. The maximum absolute atomic E-state index is 12.4. The number of hydrogen-bond donors (Lipinski definition) is 2. The average Bonchev–Trinajstić information content (AvgIpc) is 2.96. The Kier molecular flexibility index (Phi) is 8.11. The van der Waals surface area contributed by atoms with Crippen LogP contribution in [-0.2, 0) is 6.18 Å². The van der Waals surface area contributed by atoms with Crippen LogP contribution in [0.15, 0.2) is 24.5 Å². The Labute approximate surface area is 147 Å². The molecule has 0 aliphatic heterocycles. The van der Waals surface area contributed by atoms with Crippen LogP contribution in [0, 0.1) is 0 Å². The molecule has 7 nitrogen and oxygen atoms in total. The topological polar surface area (TPSA) is 98.7 Å². The zero-order chi connectivity index (χ0) is 16.3. The smallest absolute Gasteiger partial charge is 0.347 e. The lowest BCUT2D eigenvalue weighted by atomic mass is 10.3. The molecule has 0 aliphatic rings. The number of aromatic nitrogens is 4. The fourth-order valence-corrected chi connectivity index (χ4v) is 1.53. The van der Waals surface area contributed by atoms with Gasteiger partial charge in [0.1, 0.15) is 0 Å². The van der Waals surface area contributed by atoms with Crippen LogP contribution in [-0.4, -0.2) is 38.5 Å². The maximum atomic E-state index is 12.4. The minimum absolute atomic E-state index is 0. The number of nitrogens with two attached hydrogens (primary N) is 1. The molecule has 0 aliphatic carbocycles. The molecule has 0 spiro atoms. The highest BCUT2D eigenvalue weighted by Gasteiger charge is 2.30. The number of amides is 1. The number of carbonyl (C=O) groups is 1. The van der Waals surface area contributed by atoms with E-state index in [2.05, 4.69) is 20.6 Å². The monoisotopic (exact) mass is 386 g/mol. The van der Waals surface area contributed by atoms with Crippen molar-refractivity contribution in [1.82, 2.24) is 25.3 Å².